The third-order valence-corrected chi connectivity index (χ3v) is 8.13. The van der Waals surface area contributed by atoms with Gasteiger partial charge in [0, 0.05) is 13.1 Å². The number of nitrogens with zero attached hydrogens (tertiary/aromatic N) is 2. The first-order chi connectivity index (χ1) is 19.3. The molecule has 0 radical (unpaired) electrons. The highest BCUT2D eigenvalue weighted by molar-refractivity contribution is 7.92. The molecule has 0 aliphatic heterocycles. The van der Waals surface area contributed by atoms with Crippen LogP contribution in [0.2, 0.25) is 0 Å². The number of carbonyl (C=O) groups excluding carboxylic acids is 2. The van der Waals surface area contributed by atoms with E-state index in [4.69, 9.17) is 0 Å². The maximum absolute atomic E-state index is 14.0. The van der Waals surface area contributed by atoms with Gasteiger partial charge in [0.1, 0.15) is 12.6 Å². The van der Waals surface area contributed by atoms with Gasteiger partial charge in [0.25, 0.3) is 10.0 Å². The second-order valence-electron chi connectivity index (χ2n) is 9.94. The number of hydrogen-bond donors (Lipinski definition) is 1. The van der Waals surface area contributed by atoms with Crippen molar-refractivity contribution in [1.82, 2.24) is 10.2 Å². The van der Waals surface area contributed by atoms with Gasteiger partial charge in [0.2, 0.25) is 11.8 Å². The molecule has 2 amide bonds. The maximum atomic E-state index is 14.0. The van der Waals surface area contributed by atoms with Crippen LogP contribution >= 0.6 is 0 Å². The summed E-state index contributed by atoms with van der Waals surface area (Å²) >= 11 is 0. The minimum Gasteiger partial charge on any atom is -0.354 e. The lowest BCUT2D eigenvalue weighted by Crippen LogP contribution is -2.52. The molecule has 11 heteroatoms. The van der Waals surface area contributed by atoms with Crippen LogP contribution in [0.15, 0.2) is 89.8 Å². The molecule has 1 N–H and O–H groups in total. The molecule has 7 nitrogen and oxygen atoms in total. The molecule has 41 heavy (non-hydrogen) atoms. The van der Waals surface area contributed by atoms with E-state index in [0.717, 1.165) is 12.1 Å². The van der Waals surface area contributed by atoms with Gasteiger partial charge < -0.3 is 10.2 Å². The molecule has 0 saturated heterocycles. The van der Waals surface area contributed by atoms with Crippen molar-refractivity contribution in [2.45, 2.75) is 50.9 Å². The molecule has 0 aliphatic rings. The molecule has 220 valence electrons. The highest BCUT2D eigenvalue weighted by atomic mass is 32.2. The Morgan fingerprint density at radius 1 is 0.902 bits per heavy atom. The first-order valence-electron chi connectivity index (χ1n) is 13.2. The smallest absolute Gasteiger partial charge is 0.354 e. The van der Waals surface area contributed by atoms with Gasteiger partial charge in [-0.3, -0.25) is 13.9 Å². The van der Waals surface area contributed by atoms with Crippen LogP contribution in [-0.4, -0.2) is 44.3 Å². The third kappa shape index (κ3) is 8.32. The van der Waals surface area contributed by atoms with E-state index in [2.05, 4.69) is 5.32 Å². The Morgan fingerprint density at radius 3 is 2.07 bits per heavy atom. The Kier molecular flexibility index (Phi) is 10.6. The molecule has 0 bridgehead atoms. The van der Waals surface area contributed by atoms with E-state index in [1.54, 1.807) is 43.3 Å². The molecule has 0 aliphatic carbocycles. The topological polar surface area (TPSA) is 86.8 Å². The van der Waals surface area contributed by atoms with Gasteiger partial charge in [0.05, 0.1) is 16.1 Å². The second kappa shape index (κ2) is 13.7. The number of rotatable bonds is 12. The molecule has 1 atom stereocenters. The summed E-state index contributed by atoms with van der Waals surface area (Å²) in [5, 5.41) is 2.83. The number of halogens is 3. The van der Waals surface area contributed by atoms with Crippen LogP contribution in [0.25, 0.3) is 0 Å². The first-order valence-corrected chi connectivity index (χ1v) is 14.6. The lowest BCUT2D eigenvalue weighted by atomic mass is 10.1. The monoisotopic (exact) mass is 589 g/mol. The van der Waals surface area contributed by atoms with E-state index in [0.29, 0.717) is 22.5 Å². The van der Waals surface area contributed by atoms with Crippen molar-refractivity contribution in [3.63, 3.8) is 0 Å². The number of hydrogen-bond acceptors (Lipinski definition) is 4. The molecule has 3 aromatic rings. The van der Waals surface area contributed by atoms with Crippen LogP contribution in [0.4, 0.5) is 18.9 Å². The van der Waals surface area contributed by atoms with Crippen molar-refractivity contribution in [2.75, 3.05) is 17.4 Å². The minimum absolute atomic E-state index is 0.00487. The summed E-state index contributed by atoms with van der Waals surface area (Å²) in [6.45, 7) is 5.14. The fourth-order valence-corrected chi connectivity index (χ4v) is 5.63. The van der Waals surface area contributed by atoms with E-state index in [-0.39, 0.29) is 29.5 Å². The van der Waals surface area contributed by atoms with Crippen LogP contribution in [0.1, 0.15) is 38.3 Å². The zero-order valence-corrected chi connectivity index (χ0v) is 24.0. The number of amides is 2. The number of benzene rings is 3. The highest BCUT2D eigenvalue weighted by Crippen LogP contribution is 2.33. The molecule has 0 heterocycles. The van der Waals surface area contributed by atoms with E-state index in [9.17, 15) is 31.2 Å². The van der Waals surface area contributed by atoms with Gasteiger partial charge in [-0.05, 0) is 48.2 Å². The Balaban J connectivity index is 2.08. The van der Waals surface area contributed by atoms with Crippen molar-refractivity contribution in [1.29, 1.82) is 0 Å². The van der Waals surface area contributed by atoms with Gasteiger partial charge in [-0.1, -0.05) is 75.4 Å². The molecule has 0 saturated carbocycles. The van der Waals surface area contributed by atoms with Crippen molar-refractivity contribution >= 4 is 27.5 Å². The summed E-state index contributed by atoms with van der Waals surface area (Å²) in [5.41, 5.74) is -0.683. The molecule has 1 unspecified atom stereocenters. The highest BCUT2D eigenvalue weighted by Gasteiger charge is 2.35. The minimum atomic E-state index is -4.73. The van der Waals surface area contributed by atoms with Gasteiger partial charge in [-0.2, -0.15) is 13.2 Å². The van der Waals surface area contributed by atoms with E-state index in [1.807, 2.05) is 13.8 Å². The number of nitrogens with one attached hydrogen (secondary N) is 1. The van der Waals surface area contributed by atoms with Crippen LogP contribution in [0.3, 0.4) is 0 Å². The largest absolute Gasteiger partial charge is 0.416 e. The molecule has 3 rings (SSSR count). The summed E-state index contributed by atoms with van der Waals surface area (Å²) in [6.07, 6.45) is -4.50. The summed E-state index contributed by atoms with van der Waals surface area (Å²) in [4.78, 5) is 28.2. The lowest BCUT2D eigenvalue weighted by Gasteiger charge is -2.33. The SMILES string of the molecule is CCC(C(=O)NCC(C)C)N(Cc1ccccc1)C(=O)CN(c1cccc(C(F)(F)F)c1)S(=O)(=O)c1ccccc1. The molecular weight excluding hydrogens is 555 g/mol. The predicted octanol–water partition coefficient (Wildman–Crippen LogP) is 5.48. The molecule has 3 aromatic carbocycles. The van der Waals surface area contributed by atoms with Gasteiger partial charge in [0.15, 0.2) is 0 Å². The number of anilines is 1. The average Bonchev–Trinajstić information content (AvgIpc) is 2.95. The van der Waals surface area contributed by atoms with Crippen molar-refractivity contribution in [3.8, 4) is 0 Å². The zero-order valence-electron chi connectivity index (χ0n) is 23.1. The first kappa shape index (κ1) is 31.7. The maximum Gasteiger partial charge on any atom is 0.416 e. The molecular formula is C30H34F3N3O4S. The van der Waals surface area contributed by atoms with Crippen molar-refractivity contribution < 1.29 is 31.2 Å². The fourth-order valence-electron chi connectivity index (χ4n) is 4.21. The van der Waals surface area contributed by atoms with E-state index >= 15 is 0 Å². The Hall–Kier alpha value is -3.86. The number of carbonyl (C=O) groups is 2. The van der Waals surface area contributed by atoms with Gasteiger partial charge >= 0.3 is 6.18 Å². The Morgan fingerprint density at radius 2 is 1.51 bits per heavy atom. The Bertz CT molecular complexity index is 1420. The van der Waals surface area contributed by atoms with E-state index in [1.165, 1.54) is 35.2 Å². The standard InChI is InChI=1S/C30H34F3N3O4S/c1-4-27(29(38)34-19-22(2)3)35(20-23-12-7-5-8-13-23)28(37)21-36(41(39,40)26-16-9-6-10-17-26)25-15-11-14-24(18-25)30(31,32)33/h5-18,22,27H,4,19-21H2,1-3H3,(H,34,38). The zero-order chi connectivity index (χ0) is 30.2. The van der Waals surface area contributed by atoms with Crippen molar-refractivity contribution in [2.24, 2.45) is 5.92 Å². The van der Waals surface area contributed by atoms with Gasteiger partial charge in [-0.15, -0.1) is 0 Å². The summed E-state index contributed by atoms with van der Waals surface area (Å²) < 4.78 is 68.9. The number of sulfonamides is 1. The molecule has 0 spiro atoms. The normalized spacial score (nSPS) is 12.6. The second-order valence-corrected chi connectivity index (χ2v) is 11.8. The van der Waals surface area contributed by atoms with E-state index < -0.39 is 46.2 Å². The lowest BCUT2D eigenvalue weighted by molar-refractivity contribution is -0.140. The van der Waals surface area contributed by atoms with Crippen LogP contribution < -0.4 is 9.62 Å². The third-order valence-electron chi connectivity index (χ3n) is 6.34. The summed E-state index contributed by atoms with van der Waals surface area (Å²) in [7, 11) is -4.47. The van der Waals surface area contributed by atoms with Crippen LogP contribution in [0.5, 0.6) is 0 Å². The molecule has 0 fully saturated rings. The predicted molar refractivity (Wildman–Crippen MR) is 151 cm³/mol. The van der Waals surface area contributed by atoms with Crippen LogP contribution in [0, 0.1) is 5.92 Å². The quantitative estimate of drug-likeness (QED) is 0.303. The molecule has 0 aromatic heterocycles. The fraction of sp³-hybridized carbons (Fsp3) is 0.333. The summed E-state index contributed by atoms with van der Waals surface area (Å²) in [5.74, 6) is -0.985. The number of alkyl halides is 3. The average molecular weight is 590 g/mol. The Labute approximate surface area is 239 Å². The summed E-state index contributed by atoms with van der Waals surface area (Å²) in [6, 6.07) is 18.9. The van der Waals surface area contributed by atoms with Crippen LogP contribution in [-0.2, 0) is 32.3 Å². The van der Waals surface area contributed by atoms with Gasteiger partial charge in [-0.25, -0.2) is 8.42 Å². The van der Waals surface area contributed by atoms with Crippen molar-refractivity contribution in [3.05, 3.63) is 96.1 Å².